The Morgan fingerprint density at radius 3 is 2.47 bits per heavy atom. The molecule has 3 aromatic rings. The van der Waals surface area contributed by atoms with Crippen LogP contribution in [0.2, 0.25) is 0 Å². The zero-order chi connectivity index (χ0) is 21.3. The Labute approximate surface area is 173 Å². The summed E-state index contributed by atoms with van der Waals surface area (Å²) >= 11 is 0. The summed E-state index contributed by atoms with van der Waals surface area (Å²) in [7, 11) is 0. The average molecular weight is 411 g/mol. The van der Waals surface area contributed by atoms with Gasteiger partial charge in [-0.15, -0.1) is 5.10 Å². The minimum absolute atomic E-state index is 0.109. The van der Waals surface area contributed by atoms with Crippen LogP contribution in [0.1, 0.15) is 27.8 Å². The quantitative estimate of drug-likeness (QED) is 0.612. The number of piperazine rings is 1. The second kappa shape index (κ2) is 8.23. The van der Waals surface area contributed by atoms with Gasteiger partial charge in [-0.05, 0) is 26.0 Å². The molecular formula is C20H25N7O3. The summed E-state index contributed by atoms with van der Waals surface area (Å²) in [5.41, 5.74) is 2.07. The number of hydrogen-bond donors (Lipinski definition) is 0. The van der Waals surface area contributed by atoms with Crippen LogP contribution in [-0.4, -0.2) is 73.0 Å². The van der Waals surface area contributed by atoms with Gasteiger partial charge in [0.05, 0.1) is 12.2 Å². The molecule has 1 aliphatic rings. The third-order valence-corrected chi connectivity index (χ3v) is 5.20. The van der Waals surface area contributed by atoms with E-state index in [2.05, 4.69) is 20.1 Å². The normalized spacial score (nSPS) is 15.0. The van der Waals surface area contributed by atoms with Crippen LogP contribution in [0.3, 0.4) is 0 Å². The first kappa shape index (κ1) is 20.0. The van der Waals surface area contributed by atoms with E-state index >= 15 is 0 Å². The molecule has 0 spiro atoms. The second-order valence-corrected chi connectivity index (χ2v) is 7.48. The van der Waals surface area contributed by atoms with Gasteiger partial charge in [0.25, 0.3) is 11.5 Å². The van der Waals surface area contributed by atoms with Gasteiger partial charge in [-0.25, -0.2) is 14.3 Å². The number of carbonyl (C=O) groups excluding carboxylic acids is 1. The smallest absolute Gasteiger partial charge is 0.275 e. The minimum atomic E-state index is -0.143. The fourth-order valence-electron chi connectivity index (χ4n) is 3.61. The molecule has 1 fully saturated rings. The minimum Gasteiger partial charge on any atom is -0.448 e. The Hall–Kier alpha value is -3.27. The molecule has 1 amide bonds. The zero-order valence-corrected chi connectivity index (χ0v) is 17.4. The Morgan fingerprint density at radius 1 is 1.07 bits per heavy atom. The molecule has 1 aliphatic heterocycles. The first-order valence-electron chi connectivity index (χ1n) is 9.96. The lowest BCUT2D eigenvalue weighted by Gasteiger charge is -2.34. The maximum absolute atomic E-state index is 12.5. The van der Waals surface area contributed by atoms with Crippen molar-refractivity contribution in [3.63, 3.8) is 0 Å². The van der Waals surface area contributed by atoms with E-state index in [4.69, 9.17) is 4.42 Å². The molecule has 3 aromatic heterocycles. The first-order chi connectivity index (χ1) is 14.4. The Bertz CT molecular complexity index is 1110. The molecule has 10 nitrogen and oxygen atoms in total. The number of aryl methyl sites for hydroxylation is 3. The summed E-state index contributed by atoms with van der Waals surface area (Å²) in [5, 5.41) is 8.91. The Balaban J connectivity index is 1.35. The lowest BCUT2D eigenvalue weighted by Crippen LogP contribution is -2.49. The van der Waals surface area contributed by atoms with Crippen molar-refractivity contribution in [1.29, 1.82) is 0 Å². The number of hydrogen-bond acceptors (Lipinski definition) is 7. The highest BCUT2D eigenvalue weighted by molar-refractivity contribution is 5.92. The second-order valence-electron chi connectivity index (χ2n) is 7.48. The summed E-state index contributed by atoms with van der Waals surface area (Å²) in [4.78, 5) is 32.8. The van der Waals surface area contributed by atoms with Crippen molar-refractivity contribution in [3.8, 4) is 5.82 Å². The van der Waals surface area contributed by atoms with Gasteiger partial charge in [-0.1, -0.05) is 0 Å². The molecule has 158 valence electrons. The van der Waals surface area contributed by atoms with Crippen molar-refractivity contribution < 1.29 is 9.21 Å². The van der Waals surface area contributed by atoms with Crippen molar-refractivity contribution in [2.24, 2.45) is 0 Å². The number of carbonyl (C=O) groups is 1. The van der Waals surface area contributed by atoms with Crippen LogP contribution in [0, 0.1) is 20.8 Å². The number of rotatable bonds is 5. The van der Waals surface area contributed by atoms with Gasteiger partial charge in [0.15, 0.2) is 17.4 Å². The van der Waals surface area contributed by atoms with E-state index in [1.807, 2.05) is 19.9 Å². The molecule has 0 radical (unpaired) electrons. The summed E-state index contributed by atoms with van der Waals surface area (Å²) in [6.45, 7) is 9.43. The monoisotopic (exact) mass is 411 g/mol. The van der Waals surface area contributed by atoms with Gasteiger partial charge in [-0.2, -0.15) is 5.10 Å². The predicted molar refractivity (Wildman–Crippen MR) is 109 cm³/mol. The van der Waals surface area contributed by atoms with Crippen molar-refractivity contribution in [2.45, 2.75) is 27.3 Å². The largest absolute Gasteiger partial charge is 0.448 e. The van der Waals surface area contributed by atoms with E-state index in [-0.39, 0.29) is 11.5 Å². The van der Waals surface area contributed by atoms with Gasteiger partial charge >= 0.3 is 0 Å². The maximum atomic E-state index is 12.5. The van der Waals surface area contributed by atoms with E-state index in [0.29, 0.717) is 43.6 Å². The number of amides is 1. The molecule has 0 atom stereocenters. The van der Waals surface area contributed by atoms with Crippen molar-refractivity contribution in [1.82, 2.24) is 34.3 Å². The molecule has 1 saturated heterocycles. The van der Waals surface area contributed by atoms with Gasteiger partial charge in [0.2, 0.25) is 0 Å². The fourth-order valence-corrected chi connectivity index (χ4v) is 3.61. The molecular weight excluding hydrogens is 386 g/mol. The van der Waals surface area contributed by atoms with Crippen LogP contribution in [0.25, 0.3) is 5.82 Å². The molecule has 30 heavy (non-hydrogen) atoms. The molecule has 0 N–H and O–H groups in total. The van der Waals surface area contributed by atoms with Gasteiger partial charge in [-0.3, -0.25) is 14.5 Å². The van der Waals surface area contributed by atoms with Crippen LogP contribution in [-0.2, 0) is 6.54 Å². The van der Waals surface area contributed by atoms with Crippen molar-refractivity contribution in [3.05, 3.63) is 57.8 Å². The third kappa shape index (κ3) is 4.18. The van der Waals surface area contributed by atoms with E-state index < -0.39 is 0 Å². The Morgan fingerprint density at radius 2 is 1.83 bits per heavy atom. The van der Waals surface area contributed by atoms with E-state index in [1.165, 1.54) is 17.0 Å². The molecule has 0 aromatic carbocycles. The predicted octanol–water partition coefficient (Wildman–Crippen LogP) is 0.800. The summed E-state index contributed by atoms with van der Waals surface area (Å²) in [5.74, 6) is 0.998. The maximum Gasteiger partial charge on any atom is 0.275 e. The highest BCUT2D eigenvalue weighted by Crippen LogP contribution is 2.10. The molecule has 4 heterocycles. The van der Waals surface area contributed by atoms with Gasteiger partial charge in [0, 0.05) is 51.4 Å². The third-order valence-electron chi connectivity index (χ3n) is 5.20. The van der Waals surface area contributed by atoms with Gasteiger partial charge < -0.3 is 9.32 Å². The van der Waals surface area contributed by atoms with Gasteiger partial charge in [0.1, 0.15) is 6.26 Å². The Kier molecular flexibility index (Phi) is 5.49. The lowest BCUT2D eigenvalue weighted by atomic mass is 10.3. The number of aromatic nitrogens is 5. The van der Waals surface area contributed by atoms with E-state index in [0.717, 1.165) is 24.5 Å². The summed E-state index contributed by atoms with van der Waals surface area (Å²) < 4.78 is 8.34. The molecule has 0 aliphatic carbocycles. The molecule has 0 saturated carbocycles. The lowest BCUT2D eigenvalue weighted by molar-refractivity contribution is 0.0625. The van der Waals surface area contributed by atoms with Crippen LogP contribution in [0.4, 0.5) is 0 Å². The van der Waals surface area contributed by atoms with E-state index in [1.54, 1.807) is 22.6 Å². The van der Waals surface area contributed by atoms with Crippen LogP contribution >= 0.6 is 0 Å². The first-order valence-corrected chi connectivity index (χ1v) is 9.96. The topological polar surface area (TPSA) is 102 Å². The van der Waals surface area contributed by atoms with Crippen LogP contribution < -0.4 is 5.56 Å². The molecule has 10 heteroatoms. The summed E-state index contributed by atoms with van der Waals surface area (Å²) in [6.07, 6.45) is 1.40. The highest BCUT2D eigenvalue weighted by Gasteiger charge is 2.24. The number of nitrogens with zero attached hydrogens (tertiary/aromatic N) is 7. The van der Waals surface area contributed by atoms with Crippen molar-refractivity contribution >= 4 is 5.91 Å². The summed E-state index contributed by atoms with van der Waals surface area (Å²) in [6, 6.07) is 5.18. The zero-order valence-electron chi connectivity index (χ0n) is 17.4. The average Bonchev–Trinajstić information content (AvgIpc) is 3.32. The molecule has 4 rings (SSSR count). The van der Waals surface area contributed by atoms with Crippen LogP contribution in [0.5, 0.6) is 0 Å². The standard InChI is InChI=1S/C20H25N7O3/c1-14-12-15(2)27(22-14)18-4-5-19(28)26(23-18)11-8-24-6-9-25(10-7-24)20(29)17-13-30-16(3)21-17/h4-5,12-13H,6-11H2,1-3H3. The molecule has 0 bridgehead atoms. The van der Waals surface area contributed by atoms with E-state index in [9.17, 15) is 9.59 Å². The van der Waals surface area contributed by atoms with Crippen LogP contribution in [0.15, 0.2) is 33.7 Å². The highest BCUT2D eigenvalue weighted by atomic mass is 16.3. The number of oxazole rings is 1. The molecule has 0 unspecified atom stereocenters. The SMILES string of the molecule is Cc1cc(C)n(-c2ccc(=O)n(CCN3CCN(C(=O)c4coc(C)n4)CC3)n2)n1. The van der Waals surface area contributed by atoms with Crippen molar-refractivity contribution in [2.75, 3.05) is 32.7 Å². The fraction of sp³-hybridized carbons (Fsp3) is 0.450.